The molecule has 0 spiro atoms. The molecular formula is C62H43NS. The molecule has 0 bridgehead atoms. The molecule has 0 amide bonds. The second kappa shape index (κ2) is 14.0. The van der Waals surface area contributed by atoms with E-state index in [0.717, 1.165) is 11.4 Å². The van der Waals surface area contributed by atoms with Gasteiger partial charge >= 0.3 is 0 Å². The first-order valence-corrected chi connectivity index (χ1v) is 23.2. The molecular weight excluding hydrogens is 791 g/mol. The van der Waals surface area contributed by atoms with Gasteiger partial charge in [-0.05, 0) is 103 Å². The number of nitrogens with zero attached hydrogens (tertiary/aromatic N) is 1. The van der Waals surface area contributed by atoms with Crippen molar-refractivity contribution in [2.45, 2.75) is 24.7 Å². The van der Waals surface area contributed by atoms with Crippen molar-refractivity contribution in [3.8, 4) is 33.4 Å². The first-order valence-electron chi connectivity index (χ1n) is 22.3. The summed E-state index contributed by atoms with van der Waals surface area (Å²) in [7, 11) is 0. The third-order valence-electron chi connectivity index (χ3n) is 14.3. The molecule has 1 aromatic heterocycles. The highest BCUT2D eigenvalue weighted by atomic mass is 32.1. The van der Waals surface area contributed by atoms with Gasteiger partial charge in [-0.25, -0.2) is 0 Å². The minimum absolute atomic E-state index is 0.208. The smallest absolute Gasteiger partial charge is 0.0714 e. The zero-order chi connectivity index (χ0) is 42.6. The molecule has 64 heavy (non-hydrogen) atoms. The SMILES string of the molecule is CC1(C)c2ccccc2-c2c(N(c3ccc(-c4cccc5sc6ccccc6c45)cc3)c3cccc4c3-c3ccccc3C4(c3ccccc3)c3ccccc3)cc3ccccc3c21. The van der Waals surface area contributed by atoms with Crippen molar-refractivity contribution < 1.29 is 0 Å². The van der Waals surface area contributed by atoms with Crippen LogP contribution in [0, 0.1) is 0 Å². The fraction of sp³-hybridized carbons (Fsp3) is 0.0645. The minimum Gasteiger partial charge on any atom is -0.309 e. The highest BCUT2D eigenvalue weighted by molar-refractivity contribution is 7.25. The number of anilines is 3. The Morgan fingerprint density at radius 3 is 1.72 bits per heavy atom. The van der Waals surface area contributed by atoms with Crippen molar-refractivity contribution >= 4 is 59.3 Å². The van der Waals surface area contributed by atoms with E-state index in [4.69, 9.17) is 0 Å². The van der Waals surface area contributed by atoms with Crippen LogP contribution in [-0.4, -0.2) is 0 Å². The fourth-order valence-corrected chi connectivity index (χ4v) is 12.8. The number of fused-ring (bicyclic) bond motifs is 11. The van der Waals surface area contributed by atoms with Gasteiger partial charge in [-0.2, -0.15) is 0 Å². The molecule has 0 atom stereocenters. The van der Waals surface area contributed by atoms with Gasteiger partial charge in [0, 0.05) is 42.4 Å². The lowest BCUT2D eigenvalue weighted by atomic mass is 9.68. The monoisotopic (exact) mass is 833 g/mol. The predicted molar refractivity (Wildman–Crippen MR) is 272 cm³/mol. The number of hydrogen-bond acceptors (Lipinski definition) is 2. The Kier molecular flexibility index (Phi) is 8.11. The molecule has 0 fully saturated rings. The van der Waals surface area contributed by atoms with Crippen LogP contribution >= 0.6 is 11.3 Å². The van der Waals surface area contributed by atoms with Gasteiger partial charge in [0.25, 0.3) is 0 Å². The van der Waals surface area contributed by atoms with E-state index in [9.17, 15) is 0 Å². The number of rotatable bonds is 6. The maximum absolute atomic E-state index is 2.59. The van der Waals surface area contributed by atoms with E-state index in [1.807, 2.05) is 11.3 Å². The molecule has 1 heterocycles. The molecule has 11 aromatic rings. The quantitative estimate of drug-likeness (QED) is 0.161. The summed E-state index contributed by atoms with van der Waals surface area (Å²) in [6, 6.07) is 84.0. The van der Waals surface area contributed by atoms with E-state index in [2.05, 4.69) is 243 Å². The highest BCUT2D eigenvalue weighted by Crippen LogP contribution is 2.62. The van der Waals surface area contributed by atoms with Gasteiger partial charge in [0.2, 0.25) is 0 Å². The van der Waals surface area contributed by atoms with Gasteiger partial charge in [-0.15, -0.1) is 11.3 Å². The van der Waals surface area contributed by atoms with Crippen molar-refractivity contribution in [3.05, 3.63) is 258 Å². The average Bonchev–Trinajstić information content (AvgIpc) is 3.97. The normalized spacial score (nSPS) is 14.0. The molecule has 10 aromatic carbocycles. The van der Waals surface area contributed by atoms with Crippen LogP contribution in [0.2, 0.25) is 0 Å². The molecule has 2 heteroatoms. The Hall–Kier alpha value is -7.52. The molecule has 302 valence electrons. The summed E-state index contributed by atoms with van der Waals surface area (Å²) in [4.78, 5) is 2.59. The van der Waals surface area contributed by atoms with Crippen LogP contribution in [-0.2, 0) is 10.8 Å². The van der Waals surface area contributed by atoms with Crippen LogP contribution in [0.5, 0.6) is 0 Å². The Balaban J connectivity index is 1.13. The third kappa shape index (κ3) is 5.12. The van der Waals surface area contributed by atoms with Crippen LogP contribution in [0.1, 0.15) is 47.2 Å². The summed E-state index contributed by atoms with van der Waals surface area (Å²) in [5, 5.41) is 5.19. The third-order valence-corrected chi connectivity index (χ3v) is 15.4. The van der Waals surface area contributed by atoms with Crippen LogP contribution in [0.15, 0.2) is 224 Å². The van der Waals surface area contributed by atoms with Gasteiger partial charge in [0.05, 0.1) is 16.8 Å². The topological polar surface area (TPSA) is 3.24 Å². The Morgan fingerprint density at radius 2 is 0.969 bits per heavy atom. The summed E-state index contributed by atoms with van der Waals surface area (Å²) >= 11 is 1.87. The van der Waals surface area contributed by atoms with E-state index in [1.54, 1.807) is 0 Å². The predicted octanol–water partition coefficient (Wildman–Crippen LogP) is 17.0. The van der Waals surface area contributed by atoms with Crippen molar-refractivity contribution in [1.82, 2.24) is 0 Å². The second-order valence-electron chi connectivity index (χ2n) is 17.9. The summed E-state index contributed by atoms with van der Waals surface area (Å²) in [6.07, 6.45) is 0. The number of hydrogen-bond donors (Lipinski definition) is 0. The van der Waals surface area contributed by atoms with Gasteiger partial charge in [-0.3, -0.25) is 0 Å². The van der Waals surface area contributed by atoms with E-state index < -0.39 is 5.41 Å². The zero-order valence-electron chi connectivity index (χ0n) is 35.7. The molecule has 2 aliphatic rings. The molecule has 0 aliphatic heterocycles. The van der Waals surface area contributed by atoms with Crippen molar-refractivity contribution in [3.63, 3.8) is 0 Å². The van der Waals surface area contributed by atoms with Gasteiger partial charge in [0.15, 0.2) is 0 Å². The zero-order valence-corrected chi connectivity index (χ0v) is 36.5. The van der Waals surface area contributed by atoms with Crippen LogP contribution in [0.3, 0.4) is 0 Å². The lowest BCUT2D eigenvalue weighted by Gasteiger charge is -2.35. The lowest BCUT2D eigenvalue weighted by Crippen LogP contribution is -2.28. The molecule has 1 nitrogen and oxygen atoms in total. The maximum Gasteiger partial charge on any atom is 0.0714 e. The summed E-state index contributed by atoms with van der Waals surface area (Å²) in [5.41, 5.74) is 18.2. The molecule has 0 unspecified atom stereocenters. The fourth-order valence-electron chi connectivity index (χ4n) is 11.7. The van der Waals surface area contributed by atoms with E-state index in [1.165, 1.54) is 103 Å². The Morgan fingerprint density at radius 1 is 0.406 bits per heavy atom. The summed E-state index contributed by atoms with van der Waals surface area (Å²) in [5.74, 6) is 0. The van der Waals surface area contributed by atoms with Crippen LogP contribution in [0.4, 0.5) is 17.1 Å². The number of benzene rings is 10. The summed E-state index contributed by atoms with van der Waals surface area (Å²) in [6.45, 7) is 4.82. The highest BCUT2D eigenvalue weighted by Gasteiger charge is 2.48. The lowest BCUT2D eigenvalue weighted by molar-refractivity contribution is 0.666. The van der Waals surface area contributed by atoms with Gasteiger partial charge < -0.3 is 4.90 Å². The second-order valence-corrected chi connectivity index (χ2v) is 19.0. The molecule has 2 aliphatic carbocycles. The first kappa shape index (κ1) is 37.1. The van der Waals surface area contributed by atoms with Gasteiger partial charge in [0.1, 0.15) is 0 Å². The molecule has 13 rings (SSSR count). The standard InChI is InChI=1S/C62H43NS/c1-61(2)50-29-14-11-25-47(50)59-54(39-41-19-9-10-24-46(41)60(59)61)63(44-37-35-40(36-38-44)45-28-17-34-56-57(45)49-27-13-16-33-55(49)64-56)53-32-18-31-52-58(53)48-26-12-15-30-51(48)62(52,42-20-5-3-6-21-42)43-22-7-4-8-23-43/h3-39H,1-2H3. The van der Waals surface area contributed by atoms with Crippen molar-refractivity contribution in [2.75, 3.05) is 4.90 Å². The first-order chi connectivity index (χ1) is 31.5. The van der Waals surface area contributed by atoms with Crippen molar-refractivity contribution in [1.29, 1.82) is 0 Å². The summed E-state index contributed by atoms with van der Waals surface area (Å²) < 4.78 is 2.64. The maximum atomic E-state index is 2.59. The molecule has 0 radical (unpaired) electrons. The number of thiophene rings is 1. The van der Waals surface area contributed by atoms with Crippen molar-refractivity contribution in [2.24, 2.45) is 0 Å². The van der Waals surface area contributed by atoms with E-state index in [-0.39, 0.29) is 5.41 Å². The molecule has 0 saturated carbocycles. The minimum atomic E-state index is -0.526. The van der Waals surface area contributed by atoms with E-state index in [0.29, 0.717) is 0 Å². The molecule has 0 N–H and O–H groups in total. The molecule has 0 saturated heterocycles. The van der Waals surface area contributed by atoms with Crippen LogP contribution in [0.25, 0.3) is 64.3 Å². The average molecular weight is 834 g/mol. The van der Waals surface area contributed by atoms with E-state index >= 15 is 0 Å². The Bertz CT molecular complexity index is 3590. The van der Waals surface area contributed by atoms with Gasteiger partial charge in [-0.1, -0.05) is 202 Å². The Labute approximate surface area is 378 Å². The van der Waals surface area contributed by atoms with Crippen LogP contribution < -0.4 is 4.90 Å². The largest absolute Gasteiger partial charge is 0.309 e.